The normalized spacial score (nSPS) is 16.1. The molecule has 2 N–H and O–H groups in total. The van der Waals surface area contributed by atoms with Crippen LogP contribution in [0.25, 0.3) is 0 Å². The molecule has 0 saturated carbocycles. The van der Waals surface area contributed by atoms with Gasteiger partial charge >= 0.3 is 0 Å². The van der Waals surface area contributed by atoms with Crippen molar-refractivity contribution in [2.75, 3.05) is 12.3 Å². The highest BCUT2D eigenvalue weighted by Crippen LogP contribution is 2.42. The molecule has 1 aromatic carbocycles. The molecule has 2 rings (SSSR count). The summed E-state index contributed by atoms with van der Waals surface area (Å²) in [5.74, 6) is -0.375. The summed E-state index contributed by atoms with van der Waals surface area (Å²) in [6, 6.07) is 5.54. The summed E-state index contributed by atoms with van der Waals surface area (Å²) in [7, 11) is -4.09. The lowest BCUT2D eigenvalue weighted by molar-refractivity contribution is -0.432. The van der Waals surface area contributed by atoms with E-state index in [4.69, 9.17) is 5.26 Å². The Hall–Kier alpha value is -1.49. The van der Waals surface area contributed by atoms with Gasteiger partial charge in [0, 0.05) is 22.6 Å². The van der Waals surface area contributed by atoms with Crippen LogP contribution in [0.2, 0.25) is 0 Å². The van der Waals surface area contributed by atoms with E-state index < -0.39 is 15.5 Å². The van der Waals surface area contributed by atoms with Crippen LogP contribution in [0.3, 0.4) is 0 Å². The first-order valence-corrected chi connectivity index (χ1v) is 10.6. The number of rotatable bonds is 8. The molecule has 1 heterocycles. The Labute approximate surface area is 163 Å². The summed E-state index contributed by atoms with van der Waals surface area (Å²) in [4.78, 5) is 0.722. The molecule has 148 valence electrons. The summed E-state index contributed by atoms with van der Waals surface area (Å²) < 4.78 is 38.1. The molecular weight excluding hydrogens is 390 g/mol. The van der Waals surface area contributed by atoms with Gasteiger partial charge in [-0.2, -0.15) is 13.0 Å². The third-order valence-electron chi connectivity index (χ3n) is 4.28. The van der Waals surface area contributed by atoms with Crippen LogP contribution >= 0.6 is 12.0 Å². The smallest absolute Gasteiger partial charge is 0.271 e. The second-order valence-corrected chi connectivity index (χ2v) is 9.30. The van der Waals surface area contributed by atoms with E-state index in [-0.39, 0.29) is 12.3 Å². The van der Waals surface area contributed by atoms with Crippen LogP contribution in [0.4, 0.5) is 5.69 Å². The summed E-state index contributed by atoms with van der Waals surface area (Å²) in [6.45, 7) is 8.20. The Morgan fingerprint density at radius 2 is 2.04 bits per heavy atom. The highest BCUT2D eigenvalue weighted by molar-refractivity contribution is 7.94. The van der Waals surface area contributed by atoms with Crippen LogP contribution in [0.5, 0.6) is 0 Å². The van der Waals surface area contributed by atoms with Crippen molar-refractivity contribution in [1.29, 1.82) is 0 Å². The lowest BCUT2D eigenvalue weighted by atomic mass is 9.81. The van der Waals surface area contributed by atoms with Gasteiger partial charge < -0.3 is 0 Å². The summed E-state index contributed by atoms with van der Waals surface area (Å²) in [5, 5.41) is 12.0. The first kappa shape index (κ1) is 21.8. The van der Waals surface area contributed by atoms with Gasteiger partial charge in [0.1, 0.15) is 5.75 Å². The first-order valence-electron chi connectivity index (χ1n) is 8.27. The van der Waals surface area contributed by atoms with Crippen molar-refractivity contribution in [1.82, 2.24) is 0 Å². The molecule has 0 spiro atoms. The molecule has 0 atom stereocenters. The van der Waals surface area contributed by atoms with Crippen molar-refractivity contribution in [2.45, 2.75) is 38.0 Å². The molecule has 27 heavy (non-hydrogen) atoms. The molecule has 0 aliphatic carbocycles. The van der Waals surface area contributed by atoms with E-state index in [1.54, 1.807) is 6.07 Å². The second kappa shape index (κ2) is 8.68. The Bertz CT molecular complexity index is 896. The topological polar surface area (TPSA) is 96.1 Å². The SMILES string of the molecule is CC(C)=CC=CC1=[N+](CCS(=O)(=O)O)c2ccc(SOOO)cc2C1(C)C. The Kier molecular flexibility index (Phi) is 7.01. The number of hydrogen-bond acceptors (Lipinski definition) is 6. The molecule has 0 fully saturated rings. The Morgan fingerprint density at radius 3 is 2.63 bits per heavy atom. The molecule has 0 saturated heterocycles. The molecule has 7 nitrogen and oxygen atoms in total. The van der Waals surface area contributed by atoms with E-state index >= 15 is 0 Å². The maximum Gasteiger partial charge on any atom is 0.271 e. The fourth-order valence-corrected chi connectivity index (χ4v) is 3.85. The minimum atomic E-state index is -4.09. The number of nitrogens with zero attached hydrogens (tertiary/aromatic N) is 1. The number of hydrogen-bond donors (Lipinski definition) is 2. The number of allylic oxidation sites excluding steroid dienone is 4. The molecule has 0 unspecified atom stereocenters. The van der Waals surface area contributed by atoms with Crippen LogP contribution in [-0.2, 0) is 24.9 Å². The Balaban J connectivity index is 2.52. The minimum Gasteiger partial charge on any atom is -0.285 e. The summed E-state index contributed by atoms with van der Waals surface area (Å²) >= 11 is 0.866. The van der Waals surface area contributed by atoms with Gasteiger partial charge in [0.05, 0.1) is 17.5 Å². The van der Waals surface area contributed by atoms with E-state index in [1.165, 1.54) is 0 Å². The average Bonchev–Trinajstić information content (AvgIpc) is 2.77. The lowest BCUT2D eigenvalue weighted by Crippen LogP contribution is -2.29. The maximum absolute atomic E-state index is 11.3. The molecule has 0 radical (unpaired) electrons. The van der Waals surface area contributed by atoms with Crippen molar-refractivity contribution in [3.8, 4) is 0 Å². The van der Waals surface area contributed by atoms with Gasteiger partial charge in [-0.05, 0) is 39.8 Å². The monoisotopic (exact) mass is 414 g/mol. The van der Waals surface area contributed by atoms with Gasteiger partial charge in [-0.15, -0.1) is 4.33 Å². The predicted molar refractivity (Wildman–Crippen MR) is 105 cm³/mol. The van der Waals surface area contributed by atoms with Crippen molar-refractivity contribution in [3.63, 3.8) is 0 Å². The Morgan fingerprint density at radius 1 is 1.33 bits per heavy atom. The zero-order valence-electron chi connectivity index (χ0n) is 15.7. The molecule has 1 aliphatic heterocycles. The lowest BCUT2D eigenvalue weighted by Gasteiger charge is -2.15. The predicted octanol–water partition coefficient (Wildman–Crippen LogP) is 3.90. The third kappa shape index (κ3) is 5.50. The van der Waals surface area contributed by atoms with Crippen LogP contribution in [0.15, 0.2) is 46.9 Å². The highest BCUT2D eigenvalue weighted by Gasteiger charge is 2.44. The standard InChI is InChI=1S/C18H23NO6S2/c1-13(2)6-5-7-17-18(3,4)15-12-14(26-25-24-20)8-9-16(15)19(17)10-11-27(21,22)23/h5-9,12H,10-11H2,1-4H3,(H-,20,21,22,23)/p+1. The van der Waals surface area contributed by atoms with Crippen molar-refractivity contribution >= 4 is 33.6 Å². The maximum atomic E-state index is 11.3. The molecule has 0 bridgehead atoms. The van der Waals surface area contributed by atoms with Gasteiger partial charge in [-0.25, -0.2) is 5.26 Å². The van der Waals surface area contributed by atoms with E-state index in [0.717, 1.165) is 39.5 Å². The van der Waals surface area contributed by atoms with Gasteiger partial charge in [-0.1, -0.05) is 22.8 Å². The minimum absolute atomic E-state index is 0.131. The second-order valence-electron chi connectivity index (χ2n) is 6.96. The number of fused-ring (bicyclic) bond motifs is 1. The highest BCUT2D eigenvalue weighted by atomic mass is 32.2. The van der Waals surface area contributed by atoms with Gasteiger partial charge in [-0.3, -0.25) is 4.55 Å². The molecule has 0 aromatic heterocycles. The average molecular weight is 415 g/mol. The zero-order chi connectivity index (χ0) is 20.2. The molecule has 1 aromatic rings. The zero-order valence-corrected chi connectivity index (χ0v) is 17.3. The van der Waals surface area contributed by atoms with E-state index in [1.807, 2.05) is 62.6 Å². The van der Waals surface area contributed by atoms with Gasteiger partial charge in [0.15, 0.2) is 12.3 Å². The molecule has 1 aliphatic rings. The van der Waals surface area contributed by atoms with Crippen LogP contribution < -0.4 is 0 Å². The van der Waals surface area contributed by atoms with Gasteiger partial charge in [0.25, 0.3) is 10.1 Å². The number of benzene rings is 1. The fourth-order valence-electron chi connectivity index (χ4n) is 3.04. The van der Waals surface area contributed by atoms with E-state index in [2.05, 4.69) is 9.37 Å². The quantitative estimate of drug-likeness (QED) is 0.166. The van der Waals surface area contributed by atoms with Gasteiger partial charge in [0.2, 0.25) is 5.69 Å². The first-order chi connectivity index (χ1) is 12.6. The fraction of sp³-hybridized carbons (Fsp3) is 0.389. The molecule has 0 amide bonds. The van der Waals surface area contributed by atoms with Crippen LogP contribution in [0.1, 0.15) is 33.3 Å². The van der Waals surface area contributed by atoms with Crippen molar-refractivity contribution in [3.05, 3.63) is 47.6 Å². The summed E-state index contributed by atoms with van der Waals surface area (Å²) in [5.41, 5.74) is 3.48. The third-order valence-corrected chi connectivity index (χ3v) is 5.55. The van der Waals surface area contributed by atoms with Crippen LogP contribution in [0, 0.1) is 0 Å². The summed E-state index contributed by atoms with van der Waals surface area (Å²) in [6.07, 6.45) is 5.86. The van der Waals surface area contributed by atoms with Crippen molar-refractivity contribution < 1.29 is 32.2 Å². The van der Waals surface area contributed by atoms with Crippen molar-refractivity contribution in [2.24, 2.45) is 0 Å². The molecule has 9 heteroatoms. The van der Waals surface area contributed by atoms with Crippen LogP contribution in [-0.4, -0.2) is 40.8 Å². The largest absolute Gasteiger partial charge is 0.285 e. The van der Waals surface area contributed by atoms with E-state index in [0.29, 0.717) is 0 Å². The molecular formula is C18H24NO6S2+. The van der Waals surface area contributed by atoms with E-state index in [9.17, 15) is 13.0 Å².